The Morgan fingerprint density at radius 3 is 2.54 bits per heavy atom. The van der Waals surface area contributed by atoms with Gasteiger partial charge in [-0.25, -0.2) is 0 Å². The Labute approximate surface area is 80.5 Å². The number of likely N-dealkylation sites (N-methyl/N-ethyl adjacent to an activating group) is 1. The van der Waals surface area contributed by atoms with Crippen LogP contribution in [-0.2, 0) is 4.79 Å². The minimum Gasteiger partial charge on any atom is -0.344 e. The van der Waals surface area contributed by atoms with Crippen molar-refractivity contribution in [3.05, 3.63) is 0 Å². The fourth-order valence-electron chi connectivity index (χ4n) is 1.74. The van der Waals surface area contributed by atoms with Crippen molar-refractivity contribution in [2.75, 3.05) is 13.6 Å². The third kappa shape index (κ3) is 3.35. The summed E-state index contributed by atoms with van der Waals surface area (Å²) in [5.41, 5.74) is 0.145. The van der Waals surface area contributed by atoms with E-state index in [0.29, 0.717) is 12.5 Å². The average molecular weight is 184 g/mol. The summed E-state index contributed by atoms with van der Waals surface area (Å²) in [5.74, 6) is 0.270. The van der Waals surface area contributed by atoms with Crippen molar-refractivity contribution >= 4 is 5.91 Å². The van der Waals surface area contributed by atoms with Crippen LogP contribution in [0.4, 0.5) is 0 Å². The van der Waals surface area contributed by atoms with Crippen molar-refractivity contribution < 1.29 is 4.79 Å². The van der Waals surface area contributed by atoms with E-state index in [2.05, 4.69) is 26.1 Å². The Balaban J connectivity index is 2.42. The van der Waals surface area contributed by atoms with Gasteiger partial charge in [-0.05, 0) is 27.2 Å². The second kappa shape index (κ2) is 3.66. The molecule has 1 N–H and O–H groups in total. The maximum absolute atomic E-state index is 11.2. The van der Waals surface area contributed by atoms with Gasteiger partial charge in [-0.1, -0.05) is 0 Å². The summed E-state index contributed by atoms with van der Waals surface area (Å²) in [5, 5.41) is 3.52. The number of rotatable bonds is 1. The highest BCUT2D eigenvalue weighted by atomic mass is 16.2. The molecule has 76 valence electrons. The number of amides is 1. The zero-order valence-corrected chi connectivity index (χ0v) is 9.05. The standard InChI is InChI=1S/C10H20N2O/c1-10(2,3)11-8-5-6-9(13)12(4)7-8/h8,11H,5-7H2,1-4H3/t8-/m1/s1. The Hall–Kier alpha value is -0.570. The molecule has 1 rings (SSSR count). The van der Waals surface area contributed by atoms with E-state index in [4.69, 9.17) is 0 Å². The molecule has 1 saturated heterocycles. The molecule has 1 aliphatic rings. The second-order valence-corrected chi connectivity index (χ2v) is 4.90. The number of carbonyl (C=O) groups is 1. The number of nitrogens with one attached hydrogen (secondary N) is 1. The Morgan fingerprint density at radius 2 is 2.08 bits per heavy atom. The van der Waals surface area contributed by atoms with E-state index in [0.717, 1.165) is 13.0 Å². The summed E-state index contributed by atoms with van der Waals surface area (Å²) in [6, 6.07) is 0.461. The molecule has 0 saturated carbocycles. The topological polar surface area (TPSA) is 32.3 Å². The molecule has 0 bridgehead atoms. The number of hydrogen-bond acceptors (Lipinski definition) is 2. The molecule has 3 heteroatoms. The maximum Gasteiger partial charge on any atom is 0.222 e. The number of nitrogens with zero attached hydrogens (tertiary/aromatic N) is 1. The smallest absolute Gasteiger partial charge is 0.222 e. The van der Waals surface area contributed by atoms with Crippen LogP contribution in [-0.4, -0.2) is 36.0 Å². The lowest BCUT2D eigenvalue weighted by Crippen LogP contribution is -2.52. The van der Waals surface area contributed by atoms with Gasteiger partial charge >= 0.3 is 0 Å². The summed E-state index contributed by atoms with van der Waals surface area (Å²) in [6.07, 6.45) is 1.66. The quantitative estimate of drug-likeness (QED) is 0.659. The van der Waals surface area contributed by atoms with E-state index in [-0.39, 0.29) is 11.4 Å². The molecule has 0 aromatic carbocycles. The second-order valence-electron chi connectivity index (χ2n) is 4.90. The Kier molecular flexibility index (Phi) is 2.96. The fraction of sp³-hybridized carbons (Fsp3) is 0.900. The van der Waals surface area contributed by atoms with Crippen LogP contribution in [0.3, 0.4) is 0 Å². The molecule has 1 aliphatic heterocycles. The third-order valence-electron chi connectivity index (χ3n) is 2.26. The van der Waals surface area contributed by atoms with Crippen molar-refractivity contribution in [2.45, 2.75) is 45.2 Å². The number of carbonyl (C=O) groups excluding carboxylic acids is 1. The van der Waals surface area contributed by atoms with Gasteiger partial charge in [-0.3, -0.25) is 4.79 Å². The molecule has 0 unspecified atom stereocenters. The molecule has 13 heavy (non-hydrogen) atoms. The van der Waals surface area contributed by atoms with Gasteiger partial charge in [0.25, 0.3) is 0 Å². The molecule has 0 aliphatic carbocycles. The van der Waals surface area contributed by atoms with Crippen molar-refractivity contribution in [3.8, 4) is 0 Å². The predicted molar refractivity (Wildman–Crippen MR) is 53.5 cm³/mol. The van der Waals surface area contributed by atoms with Crippen LogP contribution in [0.15, 0.2) is 0 Å². The SMILES string of the molecule is CN1C[C@H](NC(C)(C)C)CCC1=O. The number of piperidine rings is 1. The highest BCUT2D eigenvalue weighted by Crippen LogP contribution is 2.12. The monoisotopic (exact) mass is 184 g/mol. The Morgan fingerprint density at radius 1 is 1.46 bits per heavy atom. The van der Waals surface area contributed by atoms with Gasteiger partial charge in [0, 0.05) is 31.6 Å². The maximum atomic E-state index is 11.2. The van der Waals surface area contributed by atoms with E-state index in [1.165, 1.54) is 0 Å². The van der Waals surface area contributed by atoms with Crippen LogP contribution in [0.5, 0.6) is 0 Å². The lowest BCUT2D eigenvalue weighted by Gasteiger charge is -2.35. The minimum absolute atomic E-state index is 0.145. The lowest BCUT2D eigenvalue weighted by molar-refractivity contribution is -0.132. The van der Waals surface area contributed by atoms with E-state index in [9.17, 15) is 4.79 Å². The summed E-state index contributed by atoms with van der Waals surface area (Å²) in [7, 11) is 1.87. The van der Waals surface area contributed by atoms with Gasteiger partial charge in [-0.2, -0.15) is 0 Å². The van der Waals surface area contributed by atoms with Gasteiger partial charge in [-0.15, -0.1) is 0 Å². The molecule has 0 spiro atoms. The van der Waals surface area contributed by atoms with Crippen LogP contribution in [0.25, 0.3) is 0 Å². The molecular weight excluding hydrogens is 164 g/mol. The van der Waals surface area contributed by atoms with Crippen LogP contribution in [0, 0.1) is 0 Å². The zero-order valence-electron chi connectivity index (χ0n) is 9.05. The van der Waals surface area contributed by atoms with Crippen molar-refractivity contribution in [3.63, 3.8) is 0 Å². The van der Waals surface area contributed by atoms with Crippen molar-refractivity contribution in [1.82, 2.24) is 10.2 Å². The number of likely N-dealkylation sites (tertiary alicyclic amines) is 1. The van der Waals surface area contributed by atoms with Gasteiger partial charge in [0.15, 0.2) is 0 Å². The zero-order chi connectivity index (χ0) is 10.1. The predicted octanol–water partition coefficient (Wildman–Crippen LogP) is 0.995. The first-order valence-corrected chi connectivity index (χ1v) is 4.90. The third-order valence-corrected chi connectivity index (χ3v) is 2.26. The molecule has 0 radical (unpaired) electrons. The van der Waals surface area contributed by atoms with E-state index in [1.807, 2.05) is 11.9 Å². The van der Waals surface area contributed by atoms with Crippen LogP contribution < -0.4 is 5.32 Å². The summed E-state index contributed by atoms with van der Waals surface area (Å²) < 4.78 is 0. The molecule has 0 aromatic heterocycles. The minimum atomic E-state index is 0.145. The van der Waals surface area contributed by atoms with Gasteiger partial charge in [0.1, 0.15) is 0 Å². The molecule has 1 heterocycles. The van der Waals surface area contributed by atoms with E-state index in [1.54, 1.807) is 0 Å². The first kappa shape index (κ1) is 10.5. The highest BCUT2D eigenvalue weighted by Gasteiger charge is 2.25. The first-order chi connectivity index (χ1) is 5.88. The molecular formula is C10H20N2O. The highest BCUT2D eigenvalue weighted by molar-refractivity contribution is 5.76. The van der Waals surface area contributed by atoms with Crippen LogP contribution in [0.2, 0.25) is 0 Å². The molecule has 1 fully saturated rings. The van der Waals surface area contributed by atoms with Gasteiger partial charge in [0.05, 0.1) is 0 Å². The summed E-state index contributed by atoms with van der Waals surface area (Å²) in [6.45, 7) is 7.31. The number of hydrogen-bond donors (Lipinski definition) is 1. The Bertz CT molecular complexity index is 196. The molecule has 0 aromatic rings. The van der Waals surface area contributed by atoms with Crippen molar-refractivity contribution in [2.24, 2.45) is 0 Å². The van der Waals surface area contributed by atoms with Crippen molar-refractivity contribution in [1.29, 1.82) is 0 Å². The normalized spacial score (nSPS) is 25.1. The summed E-state index contributed by atoms with van der Waals surface area (Å²) in [4.78, 5) is 13.0. The van der Waals surface area contributed by atoms with E-state index >= 15 is 0 Å². The molecule has 1 amide bonds. The van der Waals surface area contributed by atoms with Crippen LogP contribution >= 0.6 is 0 Å². The largest absolute Gasteiger partial charge is 0.344 e. The van der Waals surface area contributed by atoms with Gasteiger partial charge < -0.3 is 10.2 Å². The first-order valence-electron chi connectivity index (χ1n) is 4.90. The molecule has 3 nitrogen and oxygen atoms in total. The van der Waals surface area contributed by atoms with Crippen LogP contribution in [0.1, 0.15) is 33.6 Å². The van der Waals surface area contributed by atoms with Gasteiger partial charge in [0.2, 0.25) is 5.91 Å². The average Bonchev–Trinajstić information content (AvgIpc) is 1.94. The van der Waals surface area contributed by atoms with E-state index < -0.39 is 0 Å². The molecule has 1 atom stereocenters. The lowest BCUT2D eigenvalue weighted by atomic mass is 10.0. The summed E-state index contributed by atoms with van der Waals surface area (Å²) >= 11 is 0. The fourth-order valence-corrected chi connectivity index (χ4v) is 1.74.